The molecule has 2 heterocycles. The van der Waals surface area contributed by atoms with Crippen molar-refractivity contribution in [2.24, 2.45) is 0 Å². The van der Waals surface area contributed by atoms with Crippen LogP contribution in [0, 0.1) is 26.8 Å². The van der Waals surface area contributed by atoms with E-state index < -0.39 is 0 Å². The minimum atomic E-state index is -0.388. The van der Waals surface area contributed by atoms with Crippen LogP contribution in [0.3, 0.4) is 0 Å². The van der Waals surface area contributed by atoms with Crippen LogP contribution in [-0.2, 0) is 20.1 Å². The van der Waals surface area contributed by atoms with Crippen LogP contribution in [0.2, 0.25) is 0 Å². The van der Waals surface area contributed by atoms with E-state index in [1.807, 2.05) is 69.3 Å². The van der Waals surface area contributed by atoms with E-state index in [1.165, 1.54) is 0 Å². The van der Waals surface area contributed by atoms with E-state index in [4.69, 9.17) is 6.85 Å². The smallest absolute Gasteiger partial charge is 0.124 e. The molecule has 0 saturated heterocycles. The summed E-state index contributed by atoms with van der Waals surface area (Å²) in [5, 5.41) is 11.4. The Morgan fingerprint density at radius 2 is 1.51 bits per heavy atom. The van der Waals surface area contributed by atoms with Crippen LogP contribution in [0.15, 0.2) is 115 Å². The number of aryl methyl sites for hydroxylation is 3. The first-order valence-corrected chi connectivity index (χ1v) is 12.2. The van der Waals surface area contributed by atoms with Gasteiger partial charge < -0.3 is 10.1 Å². The molecule has 1 N–H and O–H groups in total. The molecule has 6 rings (SSSR count). The summed E-state index contributed by atoms with van der Waals surface area (Å²) in [7, 11) is 0. The Labute approximate surface area is 250 Å². The molecule has 4 aromatic carbocycles. The fraction of sp³-hybridized carbons (Fsp3) is 0.0857. The summed E-state index contributed by atoms with van der Waals surface area (Å²) >= 11 is 0. The van der Waals surface area contributed by atoms with Crippen molar-refractivity contribution in [3.05, 3.63) is 138 Å². The number of para-hydroxylation sites is 1. The van der Waals surface area contributed by atoms with E-state index in [9.17, 15) is 5.11 Å². The van der Waals surface area contributed by atoms with Gasteiger partial charge in [0.25, 0.3) is 0 Å². The number of fused-ring (bicyclic) bond motifs is 1. The van der Waals surface area contributed by atoms with Crippen molar-refractivity contribution in [2.75, 3.05) is 0 Å². The Balaban J connectivity index is 0.000000248. The van der Waals surface area contributed by atoms with Gasteiger partial charge in [-0.05, 0) is 76.5 Å². The molecule has 1 radical (unpaired) electrons. The van der Waals surface area contributed by atoms with Gasteiger partial charge in [0.15, 0.2) is 0 Å². The molecule has 195 valence electrons. The molecule has 0 amide bonds. The molecule has 0 fully saturated rings. The Bertz CT molecular complexity index is 1950. The largest absolute Gasteiger partial charge is 0.507 e. The van der Waals surface area contributed by atoms with Crippen LogP contribution in [0.4, 0.5) is 0 Å². The van der Waals surface area contributed by atoms with Crippen LogP contribution in [-0.4, -0.2) is 15.1 Å². The first-order chi connectivity index (χ1) is 20.5. The molecule has 0 aliphatic heterocycles. The minimum Gasteiger partial charge on any atom is -0.507 e. The number of benzene rings is 4. The molecule has 0 unspecified atom stereocenters. The number of rotatable bonds is 3. The summed E-state index contributed by atoms with van der Waals surface area (Å²) in [6, 6.07) is 24.5. The van der Waals surface area contributed by atoms with Gasteiger partial charge >= 0.3 is 0 Å². The van der Waals surface area contributed by atoms with Crippen molar-refractivity contribution < 1.29 is 32.1 Å². The van der Waals surface area contributed by atoms with E-state index >= 15 is 0 Å². The third-order valence-corrected chi connectivity index (χ3v) is 6.05. The maximum absolute atomic E-state index is 9.61. The second-order valence-electron chi connectivity index (χ2n) is 9.09. The number of aromatic nitrogens is 2. The number of hydrogen-bond donors (Lipinski definition) is 1. The third-order valence-electron chi connectivity index (χ3n) is 6.05. The molecule has 0 spiro atoms. The van der Waals surface area contributed by atoms with E-state index in [1.54, 1.807) is 30.6 Å². The topological polar surface area (TPSA) is 46.0 Å². The van der Waals surface area contributed by atoms with Gasteiger partial charge in [-0.2, -0.15) is 0 Å². The summed E-state index contributed by atoms with van der Waals surface area (Å²) < 4.78 is 40.0. The van der Waals surface area contributed by atoms with Gasteiger partial charge in [0, 0.05) is 38.1 Å². The van der Waals surface area contributed by atoms with Crippen molar-refractivity contribution in [2.45, 2.75) is 20.8 Å². The average molecular weight is 691 g/mol. The molecule has 0 bridgehead atoms. The van der Waals surface area contributed by atoms with Crippen LogP contribution in [0.5, 0.6) is 5.75 Å². The first-order valence-electron chi connectivity index (χ1n) is 14.7. The zero-order valence-corrected chi connectivity index (χ0v) is 24.2. The minimum absolute atomic E-state index is 0. The van der Waals surface area contributed by atoms with E-state index in [2.05, 4.69) is 22.1 Å². The van der Waals surface area contributed by atoms with Gasteiger partial charge in [0.1, 0.15) is 5.75 Å². The molecule has 3 nitrogen and oxygen atoms in total. The van der Waals surface area contributed by atoms with E-state index in [0.717, 1.165) is 50.0 Å². The van der Waals surface area contributed by atoms with Gasteiger partial charge in [0.05, 0.1) is 12.5 Å². The molecule has 0 aliphatic carbocycles. The predicted molar refractivity (Wildman–Crippen MR) is 157 cm³/mol. The maximum atomic E-state index is 9.61. The Hall–Kier alpha value is -4.11. The van der Waals surface area contributed by atoms with Crippen molar-refractivity contribution >= 4 is 10.8 Å². The summed E-state index contributed by atoms with van der Waals surface area (Å²) in [6.45, 7) is 6.04. The van der Waals surface area contributed by atoms with Crippen LogP contribution >= 0.6 is 0 Å². The standard InChI is InChI=1S/C23H18N.C12H11NO.Ir/c1-16-12-17(2)14-21(13-16)23-22-9-8-19(15-20(22)10-11-24-23)18-6-4-3-5-7-18;1-9-6-7-13-11(8-9)10-4-2-3-5-12(10)14;/h3-13,15H,1-2H3;2-8,14H,1H3;/q-1;;/i3D,4D,5D,6D,7D;;. The zero-order valence-electron chi connectivity index (χ0n) is 26.8. The summed E-state index contributed by atoms with van der Waals surface area (Å²) in [5.74, 6) is 0.269. The van der Waals surface area contributed by atoms with Gasteiger partial charge in [-0.25, -0.2) is 0 Å². The van der Waals surface area contributed by atoms with E-state index in [0.29, 0.717) is 5.56 Å². The molecule has 0 saturated carbocycles. The van der Waals surface area contributed by atoms with Crippen molar-refractivity contribution in [3.8, 4) is 39.4 Å². The first kappa shape index (κ1) is 21.8. The summed E-state index contributed by atoms with van der Waals surface area (Å²) in [6.07, 6.45) is 3.46. The predicted octanol–water partition coefficient (Wildman–Crippen LogP) is 8.75. The maximum Gasteiger partial charge on any atom is 0.124 e. The monoisotopic (exact) mass is 691 g/mol. The summed E-state index contributed by atoms with van der Waals surface area (Å²) in [4.78, 5) is 8.76. The fourth-order valence-corrected chi connectivity index (χ4v) is 4.34. The second kappa shape index (κ2) is 12.6. The van der Waals surface area contributed by atoms with Gasteiger partial charge in [-0.1, -0.05) is 68.3 Å². The van der Waals surface area contributed by atoms with Crippen molar-refractivity contribution in [1.29, 1.82) is 0 Å². The quantitative estimate of drug-likeness (QED) is 0.189. The Morgan fingerprint density at radius 1 is 0.744 bits per heavy atom. The second-order valence-corrected chi connectivity index (χ2v) is 9.09. The molecule has 4 heteroatoms. The molecule has 6 aromatic rings. The molecule has 2 aromatic heterocycles. The zero-order chi connectivity index (χ0) is 30.8. The fourth-order valence-electron chi connectivity index (χ4n) is 4.34. The number of phenols is 1. The number of pyridine rings is 2. The number of aromatic hydroxyl groups is 1. The average Bonchev–Trinajstić information content (AvgIpc) is 2.99. The number of phenolic OH excluding ortho intramolecular Hbond substituents is 1. The normalized spacial score (nSPS) is 12.1. The molecule has 0 aliphatic rings. The molecule has 39 heavy (non-hydrogen) atoms. The molecular weight excluding hydrogens is 657 g/mol. The van der Waals surface area contributed by atoms with Gasteiger partial charge in [0.2, 0.25) is 0 Å². The van der Waals surface area contributed by atoms with Crippen LogP contribution < -0.4 is 0 Å². The van der Waals surface area contributed by atoms with Gasteiger partial charge in [-0.15, -0.1) is 34.9 Å². The Morgan fingerprint density at radius 3 is 2.26 bits per heavy atom. The van der Waals surface area contributed by atoms with Crippen molar-refractivity contribution in [3.63, 3.8) is 0 Å². The van der Waals surface area contributed by atoms with Gasteiger partial charge in [-0.3, -0.25) is 4.98 Å². The SMILES string of the molecule is Cc1ccnc(-c2ccccc2O)c1.[2H]c1c([2H])c([2H])c(-c2ccc3c(-c4[c-]c(C)cc(C)c4)nccc3c2)c([2H])c1[2H].[Ir]. The van der Waals surface area contributed by atoms with E-state index in [-0.39, 0.29) is 61.6 Å². The third kappa shape index (κ3) is 6.67. The number of nitrogens with zero attached hydrogens (tertiary/aromatic N) is 2. The molecular formula is C35H29IrN2O-. The summed E-state index contributed by atoms with van der Waals surface area (Å²) in [5.41, 5.74) is 7.38. The van der Waals surface area contributed by atoms with Crippen molar-refractivity contribution in [1.82, 2.24) is 9.97 Å². The molecule has 0 atom stereocenters. The van der Waals surface area contributed by atoms with Crippen LogP contribution in [0.1, 0.15) is 23.5 Å². The number of hydrogen-bond acceptors (Lipinski definition) is 3. The Kier molecular flexibility index (Phi) is 7.05. The van der Waals surface area contributed by atoms with Crippen LogP contribution in [0.25, 0.3) is 44.4 Å².